The molecule has 1 saturated carbocycles. The molecule has 20 heavy (non-hydrogen) atoms. The van der Waals surface area contributed by atoms with E-state index in [0.717, 1.165) is 27.4 Å². The van der Waals surface area contributed by atoms with Gasteiger partial charge in [0.05, 0.1) is 0 Å². The van der Waals surface area contributed by atoms with E-state index in [2.05, 4.69) is 66.7 Å². The Morgan fingerprint density at radius 1 is 1.20 bits per heavy atom. The summed E-state index contributed by atoms with van der Waals surface area (Å²) in [6, 6.07) is 11.3. The van der Waals surface area contributed by atoms with Crippen LogP contribution in [0.5, 0.6) is 0 Å². The first-order valence-electron chi connectivity index (χ1n) is 6.81. The Balaban J connectivity index is 1.31. The molecule has 4 rings (SSSR count). The summed E-state index contributed by atoms with van der Waals surface area (Å²) in [6.07, 6.45) is 0. The third kappa shape index (κ3) is 2.47. The largest absolute Gasteiger partial charge is 0.357 e. The summed E-state index contributed by atoms with van der Waals surface area (Å²) in [7, 11) is 0. The van der Waals surface area contributed by atoms with Crippen LogP contribution in [0, 0.1) is 11.8 Å². The van der Waals surface area contributed by atoms with Crippen molar-refractivity contribution in [3.05, 3.63) is 39.8 Å². The van der Waals surface area contributed by atoms with E-state index in [9.17, 15) is 0 Å². The van der Waals surface area contributed by atoms with Crippen LogP contribution in [0.3, 0.4) is 0 Å². The molecule has 1 N–H and O–H groups in total. The van der Waals surface area contributed by atoms with Crippen molar-refractivity contribution in [2.24, 2.45) is 11.8 Å². The van der Waals surface area contributed by atoms with Crippen molar-refractivity contribution in [2.45, 2.75) is 12.6 Å². The smallest absolute Gasteiger partial charge is 0.206 e. The van der Waals surface area contributed by atoms with Gasteiger partial charge < -0.3 is 5.32 Å². The van der Waals surface area contributed by atoms with E-state index in [4.69, 9.17) is 0 Å². The molecule has 0 bridgehead atoms. The van der Waals surface area contributed by atoms with E-state index < -0.39 is 0 Å². The second-order valence-electron chi connectivity index (χ2n) is 5.54. The molecule has 0 amide bonds. The Bertz CT molecular complexity index is 590. The van der Waals surface area contributed by atoms with Crippen LogP contribution in [-0.2, 0) is 6.54 Å². The fourth-order valence-electron chi connectivity index (χ4n) is 3.20. The van der Waals surface area contributed by atoms with Gasteiger partial charge in [0.25, 0.3) is 0 Å². The van der Waals surface area contributed by atoms with E-state index in [1.807, 2.05) is 0 Å². The van der Waals surface area contributed by atoms with Crippen LogP contribution in [0.25, 0.3) is 0 Å². The number of nitrogens with zero attached hydrogens (tertiary/aromatic N) is 3. The van der Waals surface area contributed by atoms with Crippen LogP contribution in [0.2, 0.25) is 0 Å². The Morgan fingerprint density at radius 3 is 2.60 bits per heavy atom. The monoisotopic (exact) mass is 350 g/mol. The fraction of sp³-hybridized carbons (Fsp3) is 0.429. The molecule has 2 unspecified atom stereocenters. The topological polar surface area (TPSA) is 41.1 Å². The summed E-state index contributed by atoms with van der Waals surface area (Å²) >= 11 is 4.91. The molecule has 2 atom stereocenters. The average Bonchev–Trinajstić information content (AvgIpc) is 2.82. The van der Waals surface area contributed by atoms with Crippen molar-refractivity contribution in [3.8, 4) is 0 Å². The van der Waals surface area contributed by atoms with Gasteiger partial charge in [-0.25, -0.2) is 0 Å². The lowest BCUT2D eigenvalue weighted by Gasteiger charge is -2.19. The number of halogens is 1. The Hall–Kier alpha value is -0.980. The molecule has 1 saturated heterocycles. The zero-order valence-electron chi connectivity index (χ0n) is 10.9. The first-order valence-corrected chi connectivity index (χ1v) is 8.42. The summed E-state index contributed by atoms with van der Waals surface area (Å²) in [5, 5.41) is 12.5. The average molecular weight is 351 g/mol. The van der Waals surface area contributed by atoms with Crippen molar-refractivity contribution < 1.29 is 0 Å². The van der Waals surface area contributed by atoms with Crippen molar-refractivity contribution in [1.29, 1.82) is 0 Å². The lowest BCUT2D eigenvalue weighted by atomic mass is 10.2. The van der Waals surface area contributed by atoms with Gasteiger partial charge in [0.2, 0.25) is 5.13 Å². The SMILES string of the molecule is Brc1nnc(NC2C3CN(Cc4ccccc4)CC32)s1. The van der Waals surface area contributed by atoms with E-state index in [1.165, 1.54) is 18.7 Å². The van der Waals surface area contributed by atoms with Crippen LogP contribution in [0.4, 0.5) is 5.13 Å². The minimum atomic E-state index is 0.599. The first kappa shape index (κ1) is 12.7. The maximum absolute atomic E-state index is 4.11. The van der Waals surface area contributed by atoms with E-state index in [0.29, 0.717) is 6.04 Å². The summed E-state index contributed by atoms with van der Waals surface area (Å²) in [4.78, 5) is 2.55. The first-order chi connectivity index (χ1) is 9.79. The number of hydrogen-bond acceptors (Lipinski definition) is 5. The predicted molar refractivity (Wildman–Crippen MR) is 83.7 cm³/mol. The molecular weight excluding hydrogens is 336 g/mol. The van der Waals surface area contributed by atoms with Crippen LogP contribution in [0.1, 0.15) is 5.56 Å². The van der Waals surface area contributed by atoms with Crippen LogP contribution < -0.4 is 5.32 Å². The molecule has 1 aliphatic carbocycles. The third-order valence-corrected chi connectivity index (χ3v) is 5.50. The fourth-order valence-corrected chi connectivity index (χ4v) is 4.26. The number of fused-ring (bicyclic) bond motifs is 1. The zero-order valence-corrected chi connectivity index (χ0v) is 13.3. The normalized spacial score (nSPS) is 28.4. The summed E-state index contributed by atoms with van der Waals surface area (Å²) in [5.41, 5.74) is 1.41. The van der Waals surface area contributed by atoms with E-state index >= 15 is 0 Å². The lowest BCUT2D eigenvalue weighted by molar-refractivity contribution is 0.293. The molecule has 1 aliphatic heterocycles. The van der Waals surface area contributed by atoms with Gasteiger partial charge in [0, 0.05) is 25.7 Å². The van der Waals surface area contributed by atoms with Gasteiger partial charge >= 0.3 is 0 Å². The minimum Gasteiger partial charge on any atom is -0.357 e. The van der Waals surface area contributed by atoms with Gasteiger partial charge in [0.15, 0.2) is 3.92 Å². The summed E-state index contributed by atoms with van der Waals surface area (Å²) < 4.78 is 0.844. The molecular formula is C14H15BrN4S. The number of aromatic nitrogens is 2. The lowest BCUT2D eigenvalue weighted by Crippen LogP contribution is -2.27. The Labute approximate surface area is 130 Å². The molecule has 0 radical (unpaired) electrons. The maximum Gasteiger partial charge on any atom is 0.206 e. The van der Waals surface area contributed by atoms with Crippen LogP contribution >= 0.6 is 27.3 Å². The van der Waals surface area contributed by atoms with Gasteiger partial charge in [-0.05, 0) is 33.3 Å². The number of rotatable bonds is 4. The third-order valence-electron chi connectivity index (χ3n) is 4.21. The second-order valence-corrected chi connectivity index (χ2v) is 7.79. The molecule has 0 spiro atoms. The molecule has 2 heterocycles. The highest BCUT2D eigenvalue weighted by molar-refractivity contribution is 9.11. The van der Waals surface area contributed by atoms with E-state index in [-0.39, 0.29) is 0 Å². The maximum atomic E-state index is 4.11. The Morgan fingerprint density at radius 2 is 1.95 bits per heavy atom. The van der Waals surface area contributed by atoms with E-state index in [1.54, 1.807) is 11.3 Å². The van der Waals surface area contributed by atoms with Crippen molar-refractivity contribution in [2.75, 3.05) is 18.4 Å². The standard InChI is InChI=1S/C14H15BrN4S/c15-13-17-18-14(20-13)16-12-10-7-19(8-11(10)12)6-9-4-2-1-3-5-9/h1-5,10-12H,6-8H2,(H,16,18). The molecule has 2 fully saturated rings. The molecule has 2 aromatic rings. The molecule has 104 valence electrons. The zero-order chi connectivity index (χ0) is 13.5. The highest BCUT2D eigenvalue weighted by atomic mass is 79.9. The van der Waals surface area contributed by atoms with Gasteiger partial charge in [-0.2, -0.15) is 0 Å². The van der Waals surface area contributed by atoms with Gasteiger partial charge in [-0.15, -0.1) is 10.2 Å². The van der Waals surface area contributed by atoms with Crippen LogP contribution in [-0.4, -0.2) is 34.2 Å². The molecule has 6 heteroatoms. The number of piperidine rings is 1. The summed E-state index contributed by atoms with van der Waals surface area (Å²) in [6.45, 7) is 3.46. The number of benzene rings is 1. The van der Waals surface area contributed by atoms with Crippen molar-refractivity contribution in [3.63, 3.8) is 0 Å². The predicted octanol–water partition coefficient (Wildman–Crippen LogP) is 2.84. The highest BCUT2D eigenvalue weighted by Crippen LogP contribution is 2.47. The minimum absolute atomic E-state index is 0.599. The highest BCUT2D eigenvalue weighted by Gasteiger charge is 2.55. The number of likely N-dealkylation sites (tertiary alicyclic amines) is 1. The van der Waals surface area contributed by atoms with Crippen LogP contribution in [0.15, 0.2) is 34.2 Å². The molecule has 1 aromatic heterocycles. The quantitative estimate of drug-likeness (QED) is 0.920. The number of hydrogen-bond donors (Lipinski definition) is 1. The molecule has 4 nitrogen and oxygen atoms in total. The summed E-state index contributed by atoms with van der Waals surface area (Å²) in [5.74, 6) is 1.56. The Kier molecular flexibility index (Phi) is 3.24. The second kappa shape index (κ2) is 5.09. The van der Waals surface area contributed by atoms with Gasteiger partial charge in [0.1, 0.15) is 0 Å². The van der Waals surface area contributed by atoms with Gasteiger partial charge in [-0.3, -0.25) is 4.90 Å². The van der Waals surface area contributed by atoms with Crippen molar-refractivity contribution in [1.82, 2.24) is 15.1 Å². The number of nitrogens with one attached hydrogen (secondary N) is 1. The molecule has 2 aliphatic rings. The number of anilines is 1. The van der Waals surface area contributed by atoms with Crippen molar-refractivity contribution >= 4 is 32.4 Å². The molecule has 1 aromatic carbocycles. The van der Waals surface area contributed by atoms with Gasteiger partial charge in [-0.1, -0.05) is 41.7 Å².